The summed E-state index contributed by atoms with van der Waals surface area (Å²) < 4.78 is 0. The largest absolute Gasteiger partial charge is 0.480 e. The molecular weight excluding hydrogens is 510 g/mol. The molecule has 1 heterocycles. The standard InChI is InChI=1S/C35H35N3O3/c36-33(39)30-13-8-12-29-28-11-4-5-14-31(28)35(32(29)30,34(40)41)19-6-7-20-37-21-23-38(24-22-37)27-17-15-26(16-18-27)25-9-2-1-3-10-25/h1-5,8-18H,6-7,19-24H2,(H2,36,39)(H,40,41). The van der Waals surface area contributed by atoms with Crippen LogP contribution < -0.4 is 10.6 Å². The van der Waals surface area contributed by atoms with Crippen molar-refractivity contribution >= 4 is 17.6 Å². The van der Waals surface area contributed by atoms with Gasteiger partial charge in [-0.25, -0.2) is 0 Å². The van der Waals surface area contributed by atoms with E-state index in [1.165, 1.54) is 16.8 Å². The topological polar surface area (TPSA) is 86.9 Å². The van der Waals surface area contributed by atoms with E-state index in [0.717, 1.165) is 62.3 Å². The summed E-state index contributed by atoms with van der Waals surface area (Å²) in [5.41, 5.74) is 11.4. The first-order valence-electron chi connectivity index (χ1n) is 14.4. The maximum Gasteiger partial charge on any atom is 0.318 e. The first-order valence-corrected chi connectivity index (χ1v) is 14.4. The Kier molecular flexibility index (Phi) is 7.33. The fourth-order valence-corrected chi connectivity index (χ4v) is 6.71. The van der Waals surface area contributed by atoms with Crippen LogP contribution in [0.25, 0.3) is 22.3 Å². The number of primary amides is 1. The number of carbonyl (C=O) groups is 2. The maximum absolute atomic E-state index is 13.0. The summed E-state index contributed by atoms with van der Waals surface area (Å²) in [5.74, 6) is -1.52. The second kappa shape index (κ2) is 11.2. The molecule has 0 radical (unpaired) electrons. The first kappa shape index (κ1) is 26.8. The average molecular weight is 546 g/mol. The monoisotopic (exact) mass is 545 g/mol. The lowest BCUT2D eigenvalue weighted by molar-refractivity contribution is -0.142. The van der Waals surface area contributed by atoms with Crippen molar-refractivity contribution in [1.29, 1.82) is 0 Å². The number of carbonyl (C=O) groups excluding carboxylic acids is 1. The number of benzene rings is 4. The summed E-state index contributed by atoms with van der Waals surface area (Å²) in [7, 11) is 0. The number of nitrogens with zero attached hydrogens (tertiary/aromatic N) is 2. The van der Waals surface area contributed by atoms with E-state index in [0.29, 0.717) is 17.5 Å². The van der Waals surface area contributed by atoms with Crippen molar-refractivity contribution in [2.45, 2.75) is 24.7 Å². The van der Waals surface area contributed by atoms with Gasteiger partial charge in [-0.2, -0.15) is 0 Å². The normalized spacial score (nSPS) is 18.1. The van der Waals surface area contributed by atoms with Crippen LogP contribution in [0.3, 0.4) is 0 Å². The van der Waals surface area contributed by atoms with Gasteiger partial charge in [0.25, 0.3) is 0 Å². The highest BCUT2D eigenvalue weighted by molar-refractivity contribution is 6.05. The molecule has 208 valence electrons. The lowest BCUT2D eigenvalue weighted by Gasteiger charge is -2.36. The molecule has 6 nitrogen and oxygen atoms in total. The number of rotatable bonds is 9. The predicted molar refractivity (Wildman–Crippen MR) is 163 cm³/mol. The van der Waals surface area contributed by atoms with Gasteiger partial charge in [-0.05, 0) is 71.0 Å². The Morgan fingerprint density at radius 2 is 1.39 bits per heavy atom. The Balaban J connectivity index is 1.09. The highest BCUT2D eigenvalue weighted by Crippen LogP contribution is 2.53. The number of fused-ring (bicyclic) bond motifs is 3. The van der Waals surface area contributed by atoms with Gasteiger partial charge in [0.2, 0.25) is 5.91 Å². The van der Waals surface area contributed by atoms with E-state index >= 15 is 0 Å². The van der Waals surface area contributed by atoms with Gasteiger partial charge in [-0.3, -0.25) is 14.5 Å². The number of hydrogen-bond donors (Lipinski definition) is 2. The highest BCUT2D eigenvalue weighted by atomic mass is 16.4. The number of amides is 1. The van der Waals surface area contributed by atoms with E-state index in [9.17, 15) is 14.7 Å². The quantitative estimate of drug-likeness (QED) is 0.260. The van der Waals surface area contributed by atoms with E-state index in [2.05, 4.69) is 58.3 Å². The van der Waals surface area contributed by atoms with Crippen LogP contribution in [-0.4, -0.2) is 54.6 Å². The third kappa shape index (κ3) is 4.89. The van der Waals surface area contributed by atoms with E-state index in [-0.39, 0.29) is 0 Å². The van der Waals surface area contributed by atoms with Crippen molar-refractivity contribution in [2.75, 3.05) is 37.6 Å². The number of anilines is 1. The summed E-state index contributed by atoms with van der Waals surface area (Å²) in [4.78, 5) is 30.3. The van der Waals surface area contributed by atoms with E-state index in [1.807, 2.05) is 36.4 Å². The van der Waals surface area contributed by atoms with Crippen LogP contribution in [-0.2, 0) is 10.2 Å². The first-order chi connectivity index (χ1) is 20.0. The minimum atomic E-state index is -1.28. The zero-order valence-corrected chi connectivity index (χ0v) is 23.1. The zero-order chi connectivity index (χ0) is 28.4. The van der Waals surface area contributed by atoms with Crippen LogP contribution in [0.1, 0.15) is 40.7 Å². The van der Waals surface area contributed by atoms with Crippen LogP contribution in [0, 0.1) is 0 Å². The number of carboxylic acid groups (broad SMARTS) is 1. The van der Waals surface area contributed by atoms with Gasteiger partial charge in [-0.1, -0.05) is 85.3 Å². The zero-order valence-electron chi connectivity index (χ0n) is 23.1. The summed E-state index contributed by atoms with van der Waals surface area (Å²) in [6.07, 6.45) is 2.04. The fraction of sp³-hybridized carbons (Fsp3) is 0.257. The van der Waals surface area contributed by atoms with Gasteiger partial charge in [0.1, 0.15) is 5.41 Å². The molecule has 4 aromatic carbocycles. The Bertz CT molecular complexity index is 1560. The van der Waals surface area contributed by atoms with E-state index < -0.39 is 17.3 Å². The molecule has 2 aliphatic rings. The lowest BCUT2D eigenvalue weighted by Crippen LogP contribution is -2.46. The number of hydrogen-bond acceptors (Lipinski definition) is 4. The molecule has 1 aliphatic heterocycles. The smallest absolute Gasteiger partial charge is 0.318 e. The lowest BCUT2D eigenvalue weighted by atomic mass is 9.72. The van der Waals surface area contributed by atoms with Crippen molar-refractivity contribution in [3.8, 4) is 22.3 Å². The van der Waals surface area contributed by atoms with Crippen molar-refractivity contribution in [3.63, 3.8) is 0 Å². The molecule has 1 unspecified atom stereocenters. The average Bonchev–Trinajstić information content (AvgIpc) is 3.31. The van der Waals surface area contributed by atoms with Gasteiger partial charge in [0, 0.05) is 37.4 Å². The molecule has 0 bridgehead atoms. The minimum Gasteiger partial charge on any atom is -0.480 e. The highest BCUT2D eigenvalue weighted by Gasteiger charge is 2.50. The Morgan fingerprint density at radius 1 is 0.732 bits per heavy atom. The molecule has 0 aromatic heterocycles. The van der Waals surface area contributed by atoms with Gasteiger partial charge < -0.3 is 15.7 Å². The molecule has 1 atom stereocenters. The number of unbranched alkanes of at least 4 members (excludes halogenated alkanes) is 1. The van der Waals surface area contributed by atoms with E-state index in [4.69, 9.17) is 5.73 Å². The van der Waals surface area contributed by atoms with Gasteiger partial charge in [0.15, 0.2) is 0 Å². The van der Waals surface area contributed by atoms with Crippen LogP contribution in [0.15, 0.2) is 97.1 Å². The SMILES string of the molecule is NC(=O)c1cccc2c1C(CCCCN1CCN(c3ccc(-c4ccccc4)cc3)CC1)(C(=O)O)c1ccccc1-2. The Hall–Kier alpha value is -4.42. The summed E-state index contributed by atoms with van der Waals surface area (Å²) in [5, 5.41) is 10.7. The van der Waals surface area contributed by atoms with Gasteiger partial charge in [0.05, 0.1) is 0 Å². The minimum absolute atomic E-state index is 0.300. The van der Waals surface area contributed by atoms with E-state index in [1.54, 1.807) is 12.1 Å². The van der Waals surface area contributed by atoms with Crippen molar-refractivity contribution < 1.29 is 14.7 Å². The molecule has 0 saturated carbocycles. The molecule has 1 fully saturated rings. The molecule has 6 heteroatoms. The third-order valence-electron chi connectivity index (χ3n) is 8.79. The fourth-order valence-electron chi connectivity index (χ4n) is 6.71. The van der Waals surface area contributed by atoms with Crippen LogP contribution in [0.2, 0.25) is 0 Å². The van der Waals surface area contributed by atoms with Crippen LogP contribution in [0.5, 0.6) is 0 Å². The number of carboxylic acids is 1. The second-order valence-electron chi connectivity index (χ2n) is 11.0. The molecule has 4 aromatic rings. The molecule has 1 saturated heterocycles. The Labute approximate surface area is 241 Å². The number of nitrogens with two attached hydrogens (primary N) is 1. The Morgan fingerprint density at radius 3 is 2.10 bits per heavy atom. The molecule has 1 aliphatic carbocycles. The van der Waals surface area contributed by atoms with Gasteiger partial charge in [-0.15, -0.1) is 0 Å². The van der Waals surface area contributed by atoms with Gasteiger partial charge >= 0.3 is 5.97 Å². The molecule has 1 amide bonds. The summed E-state index contributed by atoms with van der Waals surface area (Å²) in [6, 6.07) is 32.2. The number of aliphatic carboxylic acids is 1. The van der Waals surface area contributed by atoms with Crippen molar-refractivity contribution in [2.24, 2.45) is 5.73 Å². The van der Waals surface area contributed by atoms with Crippen LogP contribution >= 0.6 is 0 Å². The summed E-state index contributed by atoms with van der Waals surface area (Å²) in [6.45, 7) is 4.80. The third-order valence-corrected chi connectivity index (χ3v) is 8.79. The molecule has 3 N–H and O–H groups in total. The van der Waals surface area contributed by atoms with Crippen molar-refractivity contribution in [3.05, 3.63) is 114 Å². The molecule has 41 heavy (non-hydrogen) atoms. The van der Waals surface area contributed by atoms with Crippen molar-refractivity contribution in [1.82, 2.24) is 4.90 Å². The maximum atomic E-state index is 13.0. The van der Waals surface area contributed by atoms with Crippen LogP contribution in [0.4, 0.5) is 5.69 Å². The second-order valence-corrected chi connectivity index (χ2v) is 11.0. The summed E-state index contributed by atoms with van der Waals surface area (Å²) >= 11 is 0. The molecule has 0 spiro atoms. The number of piperazine rings is 1. The molecular formula is C35H35N3O3. The predicted octanol–water partition coefficient (Wildman–Crippen LogP) is 5.80. The molecule has 6 rings (SSSR count).